The fourth-order valence-electron chi connectivity index (χ4n) is 1.12. The number of halogens is 1. The van der Waals surface area contributed by atoms with Gasteiger partial charge in [-0.15, -0.1) is 0 Å². The van der Waals surface area contributed by atoms with Crippen molar-refractivity contribution in [2.45, 2.75) is 17.9 Å². The number of ketones is 1. The van der Waals surface area contributed by atoms with E-state index >= 15 is 0 Å². The van der Waals surface area contributed by atoms with Gasteiger partial charge in [-0.1, -0.05) is 11.8 Å². The molecule has 0 bridgehead atoms. The van der Waals surface area contributed by atoms with E-state index in [1.165, 1.54) is 11.8 Å². The average Bonchev–Trinajstić information content (AvgIpc) is 3.00. The summed E-state index contributed by atoms with van der Waals surface area (Å²) in [5.74, 6) is 1.30. The van der Waals surface area contributed by atoms with Crippen LogP contribution >= 0.6 is 27.7 Å². The summed E-state index contributed by atoms with van der Waals surface area (Å²) in [6, 6.07) is 3.87. The Balaban J connectivity index is 1.85. The third-order valence-corrected chi connectivity index (χ3v) is 3.53. The SMILES string of the molecule is O=C(CSc1ccc(Br)cn1)C1CC1. The number of pyridine rings is 1. The average molecular weight is 272 g/mol. The molecule has 0 radical (unpaired) electrons. The fourth-order valence-corrected chi connectivity index (χ4v) is 2.17. The molecule has 0 aliphatic heterocycles. The lowest BCUT2D eigenvalue weighted by Crippen LogP contribution is -2.03. The van der Waals surface area contributed by atoms with Crippen LogP contribution in [0.2, 0.25) is 0 Å². The van der Waals surface area contributed by atoms with E-state index < -0.39 is 0 Å². The van der Waals surface area contributed by atoms with E-state index in [1.807, 2.05) is 12.1 Å². The van der Waals surface area contributed by atoms with Crippen LogP contribution < -0.4 is 0 Å². The number of Topliss-reactive ketones (excluding diaryl/α,β-unsaturated/α-hetero) is 1. The topological polar surface area (TPSA) is 30.0 Å². The van der Waals surface area contributed by atoms with Crippen LogP contribution in [0, 0.1) is 5.92 Å². The maximum absolute atomic E-state index is 11.4. The number of aromatic nitrogens is 1. The maximum Gasteiger partial charge on any atom is 0.146 e. The van der Waals surface area contributed by atoms with Gasteiger partial charge in [0.15, 0.2) is 0 Å². The second kappa shape index (κ2) is 4.45. The van der Waals surface area contributed by atoms with Crippen LogP contribution in [-0.2, 0) is 4.79 Å². The van der Waals surface area contributed by atoms with Crippen LogP contribution in [0.4, 0.5) is 0 Å². The van der Waals surface area contributed by atoms with Crippen LogP contribution in [0.25, 0.3) is 0 Å². The van der Waals surface area contributed by atoms with Crippen molar-refractivity contribution in [2.24, 2.45) is 5.92 Å². The maximum atomic E-state index is 11.4. The summed E-state index contributed by atoms with van der Waals surface area (Å²) in [7, 11) is 0. The highest BCUT2D eigenvalue weighted by Crippen LogP contribution is 2.31. The Kier molecular flexibility index (Phi) is 3.23. The van der Waals surface area contributed by atoms with E-state index in [0.29, 0.717) is 17.5 Å². The van der Waals surface area contributed by atoms with E-state index in [-0.39, 0.29) is 0 Å². The van der Waals surface area contributed by atoms with E-state index in [1.54, 1.807) is 6.20 Å². The molecule has 14 heavy (non-hydrogen) atoms. The fraction of sp³-hybridized carbons (Fsp3) is 0.400. The highest BCUT2D eigenvalue weighted by atomic mass is 79.9. The van der Waals surface area contributed by atoms with Crippen molar-refractivity contribution in [2.75, 3.05) is 5.75 Å². The Hall–Kier alpha value is -0.350. The highest BCUT2D eigenvalue weighted by molar-refractivity contribution is 9.10. The third-order valence-electron chi connectivity index (χ3n) is 2.10. The van der Waals surface area contributed by atoms with Gasteiger partial charge in [-0.25, -0.2) is 4.98 Å². The molecule has 1 aromatic rings. The lowest BCUT2D eigenvalue weighted by atomic mass is 10.3. The van der Waals surface area contributed by atoms with Crippen LogP contribution in [0.15, 0.2) is 27.8 Å². The van der Waals surface area contributed by atoms with Crippen molar-refractivity contribution in [3.8, 4) is 0 Å². The first-order valence-electron chi connectivity index (χ1n) is 4.53. The quantitative estimate of drug-likeness (QED) is 0.789. The van der Waals surface area contributed by atoms with Gasteiger partial charge in [0.05, 0.1) is 10.8 Å². The standard InChI is InChI=1S/C10H10BrNOS/c11-8-3-4-10(12-5-8)14-6-9(13)7-1-2-7/h3-5,7H,1-2,6H2. The molecule has 4 heteroatoms. The number of rotatable bonds is 4. The van der Waals surface area contributed by atoms with Gasteiger partial charge in [0.25, 0.3) is 0 Å². The lowest BCUT2D eigenvalue weighted by molar-refractivity contribution is -0.117. The van der Waals surface area contributed by atoms with Gasteiger partial charge >= 0.3 is 0 Å². The zero-order valence-corrected chi connectivity index (χ0v) is 9.97. The first-order chi connectivity index (χ1) is 6.75. The number of carbonyl (C=O) groups is 1. The predicted molar refractivity (Wildman–Crippen MR) is 60.4 cm³/mol. The van der Waals surface area contributed by atoms with E-state index in [9.17, 15) is 4.79 Å². The van der Waals surface area contributed by atoms with Crippen molar-refractivity contribution < 1.29 is 4.79 Å². The molecule has 74 valence electrons. The Bertz CT molecular complexity index is 334. The first-order valence-corrected chi connectivity index (χ1v) is 6.30. The number of thioether (sulfide) groups is 1. The Morgan fingerprint density at radius 3 is 2.93 bits per heavy atom. The molecule has 1 saturated carbocycles. The molecule has 1 aliphatic rings. The lowest BCUT2D eigenvalue weighted by Gasteiger charge is -1.99. The molecular formula is C10H10BrNOS. The largest absolute Gasteiger partial charge is 0.298 e. The highest BCUT2D eigenvalue weighted by Gasteiger charge is 2.28. The predicted octanol–water partition coefficient (Wildman–Crippen LogP) is 2.92. The summed E-state index contributed by atoms with van der Waals surface area (Å²) in [6.45, 7) is 0. The number of carbonyl (C=O) groups excluding carboxylic acids is 1. The zero-order chi connectivity index (χ0) is 9.97. The smallest absolute Gasteiger partial charge is 0.146 e. The van der Waals surface area contributed by atoms with E-state index in [0.717, 1.165) is 22.3 Å². The van der Waals surface area contributed by atoms with Gasteiger partial charge < -0.3 is 0 Å². The first kappa shape index (κ1) is 10.2. The second-order valence-electron chi connectivity index (χ2n) is 3.34. The molecule has 2 rings (SSSR count). The summed E-state index contributed by atoms with van der Waals surface area (Å²) in [4.78, 5) is 15.6. The molecule has 1 heterocycles. The molecular weight excluding hydrogens is 262 g/mol. The molecule has 2 nitrogen and oxygen atoms in total. The van der Waals surface area contributed by atoms with Crippen LogP contribution in [0.3, 0.4) is 0 Å². The summed E-state index contributed by atoms with van der Waals surface area (Å²) < 4.78 is 0.968. The monoisotopic (exact) mass is 271 g/mol. The molecule has 0 atom stereocenters. The Labute approximate surface area is 95.6 Å². The van der Waals surface area contributed by atoms with Crippen LogP contribution in [0.1, 0.15) is 12.8 Å². The van der Waals surface area contributed by atoms with Crippen molar-refractivity contribution in [1.82, 2.24) is 4.98 Å². The van der Waals surface area contributed by atoms with Crippen molar-refractivity contribution in [3.63, 3.8) is 0 Å². The number of hydrogen-bond acceptors (Lipinski definition) is 3. The van der Waals surface area contributed by atoms with Crippen molar-refractivity contribution in [1.29, 1.82) is 0 Å². The molecule has 0 N–H and O–H groups in total. The number of nitrogens with zero attached hydrogens (tertiary/aromatic N) is 1. The molecule has 1 aliphatic carbocycles. The van der Waals surface area contributed by atoms with Gasteiger partial charge in [-0.3, -0.25) is 4.79 Å². The van der Waals surface area contributed by atoms with E-state index in [2.05, 4.69) is 20.9 Å². The molecule has 0 unspecified atom stereocenters. The minimum absolute atomic E-state index is 0.359. The summed E-state index contributed by atoms with van der Waals surface area (Å²) in [5, 5.41) is 0.919. The van der Waals surface area contributed by atoms with Crippen molar-refractivity contribution in [3.05, 3.63) is 22.8 Å². The molecule has 1 fully saturated rings. The summed E-state index contributed by atoms with van der Waals surface area (Å²) in [6.07, 6.45) is 3.93. The van der Waals surface area contributed by atoms with Gasteiger partial charge in [-0.05, 0) is 40.9 Å². The van der Waals surface area contributed by atoms with E-state index in [4.69, 9.17) is 0 Å². The normalized spacial score (nSPS) is 15.5. The molecule has 0 saturated heterocycles. The summed E-state index contributed by atoms with van der Waals surface area (Å²) >= 11 is 4.84. The second-order valence-corrected chi connectivity index (χ2v) is 5.26. The molecule has 0 spiro atoms. The molecule has 0 amide bonds. The summed E-state index contributed by atoms with van der Waals surface area (Å²) in [5.41, 5.74) is 0. The Morgan fingerprint density at radius 1 is 1.57 bits per heavy atom. The van der Waals surface area contributed by atoms with Gasteiger partial charge in [-0.2, -0.15) is 0 Å². The zero-order valence-electron chi connectivity index (χ0n) is 7.57. The van der Waals surface area contributed by atoms with Crippen LogP contribution in [-0.4, -0.2) is 16.5 Å². The van der Waals surface area contributed by atoms with Gasteiger partial charge in [0, 0.05) is 16.6 Å². The minimum Gasteiger partial charge on any atom is -0.298 e. The molecule has 0 aromatic carbocycles. The minimum atomic E-state index is 0.359. The Morgan fingerprint density at radius 2 is 2.36 bits per heavy atom. The third kappa shape index (κ3) is 2.82. The van der Waals surface area contributed by atoms with Crippen LogP contribution in [0.5, 0.6) is 0 Å². The van der Waals surface area contributed by atoms with Crippen molar-refractivity contribution >= 4 is 33.5 Å². The number of hydrogen-bond donors (Lipinski definition) is 0. The molecule has 1 aromatic heterocycles. The van der Waals surface area contributed by atoms with Gasteiger partial charge in [0.1, 0.15) is 5.78 Å². The van der Waals surface area contributed by atoms with Gasteiger partial charge in [0.2, 0.25) is 0 Å².